The number of aromatic carboxylic acids is 1. The number of carboxylic acid groups (broad SMARTS) is 1. The van der Waals surface area contributed by atoms with Gasteiger partial charge < -0.3 is 19.5 Å². The Kier molecular flexibility index (Phi) is 5.63. The molecule has 1 aromatic carbocycles. The Morgan fingerprint density at radius 2 is 2.05 bits per heavy atom. The van der Waals surface area contributed by atoms with Crippen molar-refractivity contribution in [3.8, 4) is 5.75 Å². The molecule has 0 aromatic heterocycles. The number of ether oxygens (including phenoxy) is 2. The molecule has 0 aliphatic carbocycles. The summed E-state index contributed by atoms with van der Waals surface area (Å²) in [4.78, 5) is 13.3. The van der Waals surface area contributed by atoms with Gasteiger partial charge in [-0.25, -0.2) is 4.79 Å². The van der Waals surface area contributed by atoms with Crippen molar-refractivity contribution in [1.82, 2.24) is 0 Å². The Bertz CT molecular complexity index is 431. The average Bonchev–Trinajstić information content (AvgIpc) is 2.38. The molecule has 0 unspecified atom stereocenters. The van der Waals surface area contributed by atoms with Crippen LogP contribution in [0.1, 0.15) is 24.2 Å². The molecule has 0 aliphatic rings. The minimum atomic E-state index is -0.944. The van der Waals surface area contributed by atoms with E-state index < -0.39 is 5.97 Å². The molecule has 1 N–H and O–H groups in total. The monoisotopic (exact) mass is 267 g/mol. The maximum absolute atomic E-state index is 11.3. The van der Waals surface area contributed by atoms with Gasteiger partial charge in [-0.1, -0.05) is 0 Å². The molecule has 0 saturated carbocycles. The van der Waals surface area contributed by atoms with E-state index in [-0.39, 0.29) is 11.6 Å². The highest BCUT2D eigenvalue weighted by atomic mass is 16.5. The normalized spacial score (nSPS) is 10.6. The first-order valence-corrected chi connectivity index (χ1v) is 6.18. The summed E-state index contributed by atoms with van der Waals surface area (Å²) < 4.78 is 10.3. The summed E-state index contributed by atoms with van der Waals surface area (Å²) in [6, 6.07) is 5.14. The molecule has 5 nitrogen and oxygen atoms in total. The second kappa shape index (κ2) is 6.99. The van der Waals surface area contributed by atoms with Crippen LogP contribution in [-0.4, -0.2) is 44.5 Å². The van der Waals surface area contributed by atoms with Crippen molar-refractivity contribution in [2.45, 2.75) is 19.9 Å². The minimum absolute atomic E-state index is 0.167. The third kappa shape index (κ3) is 3.86. The molecular weight excluding hydrogens is 246 g/mol. The van der Waals surface area contributed by atoms with E-state index in [1.54, 1.807) is 32.4 Å². The summed E-state index contributed by atoms with van der Waals surface area (Å²) in [5.74, 6) is -0.302. The maximum Gasteiger partial charge on any atom is 0.337 e. The number of nitrogens with zero attached hydrogens (tertiary/aromatic N) is 1. The molecule has 0 spiro atoms. The number of rotatable bonds is 7. The van der Waals surface area contributed by atoms with Crippen LogP contribution in [0, 0.1) is 0 Å². The van der Waals surface area contributed by atoms with Crippen LogP contribution in [-0.2, 0) is 4.74 Å². The highest BCUT2D eigenvalue weighted by molar-refractivity contribution is 5.95. The number of hydrogen-bond donors (Lipinski definition) is 1. The van der Waals surface area contributed by atoms with E-state index in [4.69, 9.17) is 9.47 Å². The van der Waals surface area contributed by atoms with Gasteiger partial charge in [0.05, 0.1) is 25.0 Å². The van der Waals surface area contributed by atoms with E-state index >= 15 is 0 Å². The lowest BCUT2D eigenvalue weighted by Crippen LogP contribution is -2.35. The standard InChI is InChI=1S/C14H21NO4/c1-10(2)15(7-8-18-3)13-9-11(19-4)5-6-12(13)14(16)17/h5-6,9-10H,7-8H2,1-4H3,(H,16,17). The first-order valence-electron chi connectivity index (χ1n) is 6.18. The van der Waals surface area contributed by atoms with Crippen LogP contribution in [0.15, 0.2) is 18.2 Å². The second-order valence-corrected chi connectivity index (χ2v) is 4.47. The molecule has 0 fully saturated rings. The Labute approximate surface area is 113 Å². The summed E-state index contributed by atoms with van der Waals surface area (Å²) in [5, 5.41) is 9.29. The van der Waals surface area contributed by atoms with Crippen LogP contribution in [0.2, 0.25) is 0 Å². The van der Waals surface area contributed by atoms with Crippen LogP contribution in [0.3, 0.4) is 0 Å². The van der Waals surface area contributed by atoms with Crippen LogP contribution < -0.4 is 9.64 Å². The summed E-state index contributed by atoms with van der Waals surface area (Å²) in [6.07, 6.45) is 0. The number of benzene rings is 1. The third-order valence-corrected chi connectivity index (χ3v) is 2.90. The Morgan fingerprint density at radius 3 is 2.53 bits per heavy atom. The fourth-order valence-electron chi connectivity index (χ4n) is 1.90. The van der Waals surface area contributed by atoms with Crippen molar-refractivity contribution < 1.29 is 19.4 Å². The zero-order valence-corrected chi connectivity index (χ0v) is 11.8. The largest absolute Gasteiger partial charge is 0.497 e. The first kappa shape index (κ1) is 15.3. The number of carboxylic acids is 1. The van der Waals surface area contributed by atoms with Gasteiger partial charge in [-0.15, -0.1) is 0 Å². The topological polar surface area (TPSA) is 59.0 Å². The zero-order valence-electron chi connectivity index (χ0n) is 11.8. The highest BCUT2D eigenvalue weighted by Crippen LogP contribution is 2.27. The zero-order chi connectivity index (χ0) is 14.4. The number of anilines is 1. The van der Waals surface area contributed by atoms with E-state index in [0.29, 0.717) is 24.6 Å². The van der Waals surface area contributed by atoms with Crippen molar-refractivity contribution in [3.05, 3.63) is 23.8 Å². The minimum Gasteiger partial charge on any atom is -0.497 e. The molecule has 5 heteroatoms. The summed E-state index contributed by atoms with van der Waals surface area (Å²) in [6.45, 7) is 5.19. The van der Waals surface area contributed by atoms with Crippen molar-refractivity contribution in [1.29, 1.82) is 0 Å². The molecule has 0 atom stereocenters. The van der Waals surface area contributed by atoms with Crippen LogP contribution in [0.5, 0.6) is 5.75 Å². The first-order chi connectivity index (χ1) is 9.01. The molecule has 19 heavy (non-hydrogen) atoms. The van der Waals surface area contributed by atoms with Gasteiger partial charge in [0, 0.05) is 25.8 Å². The molecule has 0 bridgehead atoms. The van der Waals surface area contributed by atoms with Crippen LogP contribution >= 0.6 is 0 Å². The maximum atomic E-state index is 11.3. The summed E-state index contributed by atoms with van der Waals surface area (Å²) >= 11 is 0. The molecule has 0 saturated heterocycles. The Hall–Kier alpha value is -1.75. The number of methoxy groups -OCH3 is 2. The van der Waals surface area contributed by atoms with Gasteiger partial charge in [-0.05, 0) is 26.0 Å². The number of carbonyl (C=O) groups is 1. The second-order valence-electron chi connectivity index (χ2n) is 4.47. The van der Waals surface area contributed by atoms with Crippen LogP contribution in [0.4, 0.5) is 5.69 Å². The predicted molar refractivity (Wildman–Crippen MR) is 74.3 cm³/mol. The SMILES string of the molecule is COCCN(c1cc(OC)ccc1C(=O)O)C(C)C. The number of hydrogen-bond acceptors (Lipinski definition) is 4. The van der Waals surface area contributed by atoms with E-state index in [2.05, 4.69) is 0 Å². The fraction of sp³-hybridized carbons (Fsp3) is 0.500. The van der Waals surface area contributed by atoms with Crippen molar-refractivity contribution >= 4 is 11.7 Å². The summed E-state index contributed by atoms with van der Waals surface area (Å²) in [7, 11) is 3.19. The average molecular weight is 267 g/mol. The Balaban J connectivity index is 3.20. The van der Waals surface area contributed by atoms with Crippen molar-refractivity contribution in [2.24, 2.45) is 0 Å². The summed E-state index contributed by atoms with van der Waals surface area (Å²) in [5.41, 5.74) is 0.921. The lowest BCUT2D eigenvalue weighted by molar-refractivity contribution is 0.0697. The third-order valence-electron chi connectivity index (χ3n) is 2.90. The van der Waals surface area contributed by atoms with Gasteiger partial charge in [0.25, 0.3) is 0 Å². The predicted octanol–water partition coefficient (Wildman–Crippen LogP) is 2.25. The van der Waals surface area contributed by atoms with Crippen molar-refractivity contribution in [2.75, 3.05) is 32.3 Å². The highest BCUT2D eigenvalue weighted by Gasteiger charge is 2.19. The van der Waals surface area contributed by atoms with Gasteiger partial charge in [0.2, 0.25) is 0 Å². The van der Waals surface area contributed by atoms with Gasteiger partial charge in [0.1, 0.15) is 5.75 Å². The lowest BCUT2D eigenvalue weighted by atomic mass is 10.1. The molecule has 0 aliphatic heterocycles. The molecule has 0 heterocycles. The molecule has 1 rings (SSSR count). The molecular formula is C14H21NO4. The Morgan fingerprint density at radius 1 is 1.37 bits per heavy atom. The van der Waals surface area contributed by atoms with Gasteiger partial charge in [0.15, 0.2) is 0 Å². The van der Waals surface area contributed by atoms with Gasteiger partial charge >= 0.3 is 5.97 Å². The molecule has 1 aromatic rings. The van der Waals surface area contributed by atoms with Gasteiger partial charge in [-0.2, -0.15) is 0 Å². The van der Waals surface area contributed by atoms with Crippen molar-refractivity contribution in [3.63, 3.8) is 0 Å². The smallest absolute Gasteiger partial charge is 0.337 e. The lowest BCUT2D eigenvalue weighted by Gasteiger charge is -2.30. The van der Waals surface area contributed by atoms with Crippen LogP contribution in [0.25, 0.3) is 0 Å². The van der Waals surface area contributed by atoms with Gasteiger partial charge in [-0.3, -0.25) is 0 Å². The molecule has 0 amide bonds. The molecule has 0 radical (unpaired) electrons. The fourth-order valence-corrected chi connectivity index (χ4v) is 1.90. The van der Waals surface area contributed by atoms with E-state index in [9.17, 15) is 9.90 Å². The quantitative estimate of drug-likeness (QED) is 0.821. The molecule has 106 valence electrons. The van der Waals surface area contributed by atoms with E-state index in [1.807, 2.05) is 18.7 Å². The van der Waals surface area contributed by atoms with E-state index in [0.717, 1.165) is 0 Å². The van der Waals surface area contributed by atoms with E-state index in [1.165, 1.54) is 0 Å².